The molecule has 0 aliphatic carbocycles. The van der Waals surface area contributed by atoms with E-state index < -0.39 is 0 Å². The molecule has 2 rings (SSSR count). The highest BCUT2D eigenvalue weighted by molar-refractivity contribution is 5.30. The van der Waals surface area contributed by atoms with Gasteiger partial charge < -0.3 is 5.11 Å². The van der Waals surface area contributed by atoms with Gasteiger partial charge >= 0.3 is 0 Å². The molecule has 1 heterocycles. The first-order chi connectivity index (χ1) is 8.29. The van der Waals surface area contributed by atoms with Crippen LogP contribution in [0.15, 0.2) is 42.6 Å². The molecule has 0 spiro atoms. The van der Waals surface area contributed by atoms with E-state index in [2.05, 4.69) is 5.10 Å². The lowest BCUT2D eigenvalue weighted by Gasteiger charge is -2.12. The van der Waals surface area contributed by atoms with Gasteiger partial charge in [0.15, 0.2) is 0 Å². The van der Waals surface area contributed by atoms with E-state index in [4.69, 9.17) is 5.11 Å². The zero-order chi connectivity index (χ0) is 12.1. The number of nitrogens with zero attached hydrogens (tertiary/aromatic N) is 3. The van der Waals surface area contributed by atoms with Crippen LogP contribution in [0.25, 0.3) is 5.69 Å². The van der Waals surface area contributed by atoms with E-state index in [-0.39, 0.29) is 6.61 Å². The highest BCUT2D eigenvalue weighted by Gasteiger charge is 2.03. The van der Waals surface area contributed by atoms with Gasteiger partial charge in [-0.15, -0.1) is 0 Å². The summed E-state index contributed by atoms with van der Waals surface area (Å²) in [6, 6.07) is 12.0. The Morgan fingerprint density at radius 1 is 1.24 bits per heavy atom. The minimum absolute atomic E-state index is 0.176. The van der Waals surface area contributed by atoms with Gasteiger partial charge in [-0.3, -0.25) is 4.90 Å². The zero-order valence-electron chi connectivity index (χ0n) is 9.95. The van der Waals surface area contributed by atoms with E-state index in [1.54, 1.807) is 0 Å². The molecule has 0 bridgehead atoms. The van der Waals surface area contributed by atoms with E-state index in [1.807, 2.05) is 59.2 Å². The first-order valence-electron chi connectivity index (χ1n) is 5.69. The van der Waals surface area contributed by atoms with Crippen LogP contribution in [0, 0.1) is 0 Å². The Labute approximate surface area is 101 Å². The van der Waals surface area contributed by atoms with Crippen molar-refractivity contribution in [3.8, 4) is 5.69 Å². The van der Waals surface area contributed by atoms with E-state index in [9.17, 15) is 0 Å². The highest BCUT2D eigenvalue weighted by atomic mass is 16.3. The molecule has 0 aliphatic rings. The maximum absolute atomic E-state index is 8.83. The second-order valence-corrected chi connectivity index (χ2v) is 4.05. The Balaban J connectivity index is 2.06. The van der Waals surface area contributed by atoms with Gasteiger partial charge in [-0.1, -0.05) is 18.2 Å². The van der Waals surface area contributed by atoms with Gasteiger partial charge in [0.05, 0.1) is 18.0 Å². The number of benzene rings is 1. The maximum atomic E-state index is 8.83. The number of hydrogen-bond acceptors (Lipinski definition) is 3. The summed E-state index contributed by atoms with van der Waals surface area (Å²) in [5, 5.41) is 13.3. The number of aromatic nitrogens is 2. The third-order valence-corrected chi connectivity index (χ3v) is 2.58. The van der Waals surface area contributed by atoms with Crippen LogP contribution in [-0.4, -0.2) is 40.0 Å². The average Bonchev–Trinajstić information content (AvgIpc) is 2.79. The predicted molar refractivity (Wildman–Crippen MR) is 67.0 cm³/mol. The molecule has 0 aliphatic heterocycles. The Bertz CT molecular complexity index is 453. The molecule has 4 nitrogen and oxygen atoms in total. The molecule has 1 aromatic carbocycles. The van der Waals surface area contributed by atoms with Crippen LogP contribution in [0.4, 0.5) is 0 Å². The van der Waals surface area contributed by atoms with Crippen molar-refractivity contribution in [1.29, 1.82) is 0 Å². The normalized spacial score (nSPS) is 11.0. The summed E-state index contributed by atoms with van der Waals surface area (Å²) in [4.78, 5) is 2.04. The first-order valence-corrected chi connectivity index (χ1v) is 5.69. The molecule has 0 saturated carbocycles. The molecule has 17 heavy (non-hydrogen) atoms. The fourth-order valence-electron chi connectivity index (χ4n) is 1.70. The lowest BCUT2D eigenvalue weighted by atomic mass is 10.3. The van der Waals surface area contributed by atoms with Crippen molar-refractivity contribution in [1.82, 2.24) is 14.7 Å². The van der Waals surface area contributed by atoms with Crippen LogP contribution in [-0.2, 0) is 6.54 Å². The van der Waals surface area contributed by atoms with Crippen molar-refractivity contribution in [2.75, 3.05) is 20.2 Å². The molecule has 4 heteroatoms. The van der Waals surface area contributed by atoms with Crippen molar-refractivity contribution in [3.05, 3.63) is 48.3 Å². The summed E-state index contributed by atoms with van der Waals surface area (Å²) in [6.07, 6.45) is 1.96. The third kappa shape index (κ3) is 3.15. The topological polar surface area (TPSA) is 41.3 Å². The molecule has 0 fully saturated rings. The minimum Gasteiger partial charge on any atom is -0.395 e. The summed E-state index contributed by atoms with van der Waals surface area (Å²) in [5.41, 5.74) is 2.06. The second kappa shape index (κ2) is 5.61. The van der Waals surface area contributed by atoms with Crippen LogP contribution in [0.3, 0.4) is 0 Å². The van der Waals surface area contributed by atoms with Gasteiger partial charge in [-0.25, -0.2) is 4.68 Å². The number of hydrogen-bond donors (Lipinski definition) is 1. The zero-order valence-corrected chi connectivity index (χ0v) is 9.95. The largest absolute Gasteiger partial charge is 0.395 e. The van der Waals surface area contributed by atoms with E-state index in [0.29, 0.717) is 6.54 Å². The summed E-state index contributed by atoms with van der Waals surface area (Å²) in [6.45, 7) is 1.59. The van der Waals surface area contributed by atoms with Crippen molar-refractivity contribution < 1.29 is 5.11 Å². The van der Waals surface area contributed by atoms with Gasteiger partial charge in [-0.05, 0) is 25.2 Å². The summed E-state index contributed by atoms with van der Waals surface area (Å²) < 4.78 is 1.86. The summed E-state index contributed by atoms with van der Waals surface area (Å²) >= 11 is 0. The predicted octanol–water partition coefficient (Wildman–Crippen LogP) is 1.30. The maximum Gasteiger partial charge on any atom is 0.0769 e. The van der Waals surface area contributed by atoms with Gasteiger partial charge in [0.1, 0.15) is 0 Å². The van der Waals surface area contributed by atoms with E-state index in [0.717, 1.165) is 17.9 Å². The van der Waals surface area contributed by atoms with Gasteiger partial charge in [-0.2, -0.15) is 5.10 Å². The molecular formula is C13H17N3O. The smallest absolute Gasteiger partial charge is 0.0769 e. The Kier molecular flexibility index (Phi) is 3.90. The average molecular weight is 231 g/mol. The van der Waals surface area contributed by atoms with Gasteiger partial charge in [0.25, 0.3) is 0 Å². The standard InChI is InChI=1S/C13H17N3O/c1-15(9-10-17)11-12-7-8-16(14-12)13-5-3-2-4-6-13/h2-8,17H,9-11H2,1H3. The molecular weight excluding hydrogens is 214 g/mol. The number of rotatable bonds is 5. The molecule has 0 saturated heterocycles. The number of likely N-dealkylation sites (N-methyl/N-ethyl adjacent to an activating group) is 1. The van der Waals surface area contributed by atoms with E-state index in [1.165, 1.54) is 0 Å². The number of aliphatic hydroxyl groups is 1. The Morgan fingerprint density at radius 3 is 2.71 bits per heavy atom. The minimum atomic E-state index is 0.176. The van der Waals surface area contributed by atoms with Crippen LogP contribution in [0.5, 0.6) is 0 Å². The first kappa shape index (κ1) is 11.8. The summed E-state index contributed by atoms with van der Waals surface area (Å²) in [5.74, 6) is 0. The SMILES string of the molecule is CN(CCO)Cc1ccn(-c2ccccc2)n1. The molecule has 0 unspecified atom stereocenters. The van der Waals surface area contributed by atoms with E-state index >= 15 is 0 Å². The molecule has 0 amide bonds. The Morgan fingerprint density at radius 2 is 2.00 bits per heavy atom. The van der Waals surface area contributed by atoms with Crippen molar-refractivity contribution in [2.45, 2.75) is 6.54 Å². The van der Waals surface area contributed by atoms with Crippen LogP contribution in [0.2, 0.25) is 0 Å². The van der Waals surface area contributed by atoms with Crippen molar-refractivity contribution in [3.63, 3.8) is 0 Å². The second-order valence-electron chi connectivity index (χ2n) is 4.05. The van der Waals surface area contributed by atoms with Crippen molar-refractivity contribution >= 4 is 0 Å². The molecule has 0 radical (unpaired) electrons. The molecule has 90 valence electrons. The quantitative estimate of drug-likeness (QED) is 0.843. The summed E-state index contributed by atoms with van der Waals surface area (Å²) in [7, 11) is 1.97. The fraction of sp³-hybridized carbons (Fsp3) is 0.308. The number of aliphatic hydroxyl groups excluding tert-OH is 1. The lowest BCUT2D eigenvalue weighted by molar-refractivity contribution is 0.216. The molecule has 0 atom stereocenters. The molecule has 1 N–H and O–H groups in total. The molecule has 2 aromatic rings. The van der Waals surface area contributed by atoms with Gasteiger partial charge in [0, 0.05) is 19.3 Å². The molecule has 1 aromatic heterocycles. The van der Waals surface area contributed by atoms with Gasteiger partial charge in [0.2, 0.25) is 0 Å². The Hall–Kier alpha value is -1.65. The van der Waals surface area contributed by atoms with Crippen LogP contribution in [0.1, 0.15) is 5.69 Å². The van der Waals surface area contributed by atoms with Crippen LogP contribution < -0.4 is 0 Å². The van der Waals surface area contributed by atoms with Crippen molar-refractivity contribution in [2.24, 2.45) is 0 Å². The van der Waals surface area contributed by atoms with Crippen LogP contribution >= 0.6 is 0 Å². The third-order valence-electron chi connectivity index (χ3n) is 2.58. The lowest BCUT2D eigenvalue weighted by Crippen LogP contribution is -2.21. The number of para-hydroxylation sites is 1. The fourth-order valence-corrected chi connectivity index (χ4v) is 1.70. The monoisotopic (exact) mass is 231 g/mol. The highest BCUT2D eigenvalue weighted by Crippen LogP contribution is 2.07.